The highest BCUT2D eigenvalue weighted by molar-refractivity contribution is 5.86. The molecule has 46 heavy (non-hydrogen) atoms. The molecule has 13 heteroatoms. The molecule has 0 aliphatic carbocycles. The average Bonchev–Trinajstić information content (AvgIpc) is 3.64. The van der Waals surface area contributed by atoms with Crippen LogP contribution in [0, 0.1) is 0 Å². The highest BCUT2D eigenvalue weighted by Gasteiger charge is 2.29. The second-order valence-electron chi connectivity index (χ2n) is 10.6. The number of benzene rings is 3. The van der Waals surface area contributed by atoms with Gasteiger partial charge in [-0.15, -0.1) is 0 Å². The summed E-state index contributed by atoms with van der Waals surface area (Å²) in [7, 11) is 0. The number of para-hydroxylation sites is 2. The Kier molecular flexibility index (Phi) is 11.1. The number of hydrogen-bond donors (Lipinski definition) is 2. The quantitative estimate of drug-likeness (QED) is 0.190. The first kappa shape index (κ1) is 33.7. The lowest BCUT2D eigenvalue weighted by molar-refractivity contribution is -0.391. The number of Topliss-reactive ketones (excluding diaryl/α,β-unsaturated/α-hetero) is 1. The van der Waals surface area contributed by atoms with Crippen LogP contribution < -0.4 is 21.2 Å². The summed E-state index contributed by atoms with van der Waals surface area (Å²) in [6.45, 7) is 1.74. The zero-order valence-corrected chi connectivity index (χ0v) is 25.0. The normalized spacial score (nSPS) is 12.0. The number of alkyl halides is 3. The van der Waals surface area contributed by atoms with Gasteiger partial charge >= 0.3 is 11.9 Å². The van der Waals surface area contributed by atoms with Gasteiger partial charge in [0.1, 0.15) is 30.5 Å². The predicted molar refractivity (Wildman–Crippen MR) is 161 cm³/mol. The molecule has 242 valence electrons. The third-order valence-electron chi connectivity index (χ3n) is 7.34. The number of H-pyrrole nitrogens is 2. The number of carboxylic acid groups (broad SMARTS) is 1. The van der Waals surface area contributed by atoms with Gasteiger partial charge in [0, 0.05) is 18.4 Å². The molecule has 10 nitrogen and oxygen atoms in total. The molecule has 3 aromatic carbocycles. The third kappa shape index (κ3) is 8.93. The molecule has 5 rings (SSSR count). The number of imidazole rings is 1. The Morgan fingerprint density at radius 3 is 2.41 bits per heavy atom. The maximum Gasteiger partial charge on any atom is 0.430 e. The zero-order valence-electron chi connectivity index (χ0n) is 25.0. The van der Waals surface area contributed by atoms with Crippen LogP contribution in [0.15, 0.2) is 82.1 Å². The largest absolute Gasteiger partial charge is 0.542 e. The van der Waals surface area contributed by atoms with Crippen molar-refractivity contribution in [2.45, 2.75) is 64.2 Å². The second kappa shape index (κ2) is 15.2. The molecule has 0 bridgehead atoms. The number of hydrogen-bond acceptors (Lipinski definition) is 6. The number of rotatable bonds is 12. The second-order valence-corrected chi connectivity index (χ2v) is 10.6. The van der Waals surface area contributed by atoms with Gasteiger partial charge in [0.15, 0.2) is 11.3 Å². The van der Waals surface area contributed by atoms with Gasteiger partial charge in [-0.25, -0.2) is 14.8 Å². The summed E-state index contributed by atoms with van der Waals surface area (Å²) in [4.78, 5) is 52.7. The fraction of sp³-hybridized carbons (Fsp3) is 0.303. The molecule has 0 fully saturated rings. The van der Waals surface area contributed by atoms with Gasteiger partial charge < -0.3 is 19.6 Å². The number of aromatic amines is 2. The van der Waals surface area contributed by atoms with Gasteiger partial charge in [-0.2, -0.15) is 13.2 Å². The lowest BCUT2D eigenvalue weighted by Crippen LogP contribution is -2.37. The average molecular weight is 639 g/mol. The molecule has 0 spiro atoms. The van der Waals surface area contributed by atoms with Gasteiger partial charge in [0.2, 0.25) is 5.91 Å². The Morgan fingerprint density at radius 1 is 1.00 bits per heavy atom. The number of aromatic nitrogens is 3. The van der Waals surface area contributed by atoms with Gasteiger partial charge in [-0.05, 0) is 47.9 Å². The number of oxazole rings is 1. The Bertz CT molecular complexity index is 1870. The summed E-state index contributed by atoms with van der Waals surface area (Å²) in [5.74, 6) is -2.80. The molecule has 0 aliphatic heterocycles. The fourth-order valence-corrected chi connectivity index (χ4v) is 4.93. The van der Waals surface area contributed by atoms with E-state index in [-0.39, 0.29) is 24.3 Å². The molecule has 0 unspecified atom stereocenters. The number of halogens is 3. The number of aliphatic carboxylic acids is 1. The fourth-order valence-electron chi connectivity index (χ4n) is 4.93. The standard InChI is InChI=1S/C31H32N4O4.C2HF3O2/c1-2-24(36)12-4-3-5-13-25(33-29(37)20-35-27-14-8-9-15-28(27)39-31(35)38)30-32-19-26(34-30)23-17-16-21-10-6-7-11-22(21)18-23;3-2(4,5)1(6)7/h6-11,14-19,25H,2-5,12-13,20H2,1H3,(H,32,34)(H,33,37);(H,6,7)/t25-;/m0./s1. The van der Waals surface area contributed by atoms with Gasteiger partial charge in [-0.3, -0.25) is 14.2 Å². The minimum atomic E-state index is -5.19. The van der Waals surface area contributed by atoms with Crippen LogP contribution in [0.25, 0.3) is 33.1 Å². The van der Waals surface area contributed by atoms with Crippen molar-refractivity contribution < 1.29 is 42.1 Å². The number of unbranched alkanes of at least 4 members (excludes halogenated alkanes) is 2. The van der Waals surface area contributed by atoms with Gasteiger partial charge in [0.25, 0.3) is 5.82 Å². The van der Waals surface area contributed by atoms with Gasteiger partial charge in [0.05, 0.1) is 5.52 Å². The van der Waals surface area contributed by atoms with Crippen molar-refractivity contribution in [3.05, 3.63) is 89.3 Å². The minimum Gasteiger partial charge on any atom is -0.542 e. The van der Waals surface area contributed by atoms with Crippen LogP contribution in [-0.2, 0) is 20.9 Å². The Balaban J connectivity index is 0.000000617. The number of carbonyl (C=O) groups is 3. The summed E-state index contributed by atoms with van der Waals surface area (Å²) in [6, 6.07) is 21.2. The molecule has 3 N–H and O–H groups in total. The summed E-state index contributed by atoms with van der Waals surface area (Å²) in [5.41, 5.74) is 2.99. The highest BCUT2D eigenvalue weighted by atomic mass is 19.4. The van der Waals surface area contributed by atoms with Crippen LogP contribution in [-0.4, -0.2) is 33.4 Å². The van der Waals surface area contributed by atoms with E-state index in [0.29, 0.717) is 30.4 Å². The summed E-state index contributed by atoms with van der Waals surface area (Å²) < 4.78 is 38.2. The highest BCUT2D eigenvalue weighted by Crippen LogP contribution is 2.25. The van der Waals surface area contributed by atoms with Crippen molar-refractivity contribution >= 4 is 39.5 Å². The lowest BCUT2D eigenvalue weighted by Gasteiger charge is -2.14. The van der Waals surface area contributed by atoms with Crippen molar-refractivity contribution in [1.82, 2.24) is 14.9 Å². The molecular weight excluding hydrogens is 605 g/mol. The predicted octanol–water partition coefficient (Wildman–Crippen LogP) is 4.64. The van der Waals surface area contributed by atoms with E-state index >= 15 is 0 Å². The summed E-state index contributed by atoms with van der Waals surface area (Å²) in [5, 5.41) is 14.2. The van der Waals surface area contributed by atoms with E-state index in [0.717, 1.165) is 41.7 Å². The molecular formula is C33H33F3N4O6. The first-order valence-electron chi connectivity index (χ1n) is 14.7. The molecule has 0 radical (unpaired) electrons. The lowest BCUT2D eigenvalue weighted by atomic mass is 10.0. The first-order valence-corrected chi connectivity index (χ1v) is 14.7. The van der Waals surface area contributed by atoms with Crippen LogP contribution in [0.3, 0.4) is 0 Å². The number of fused-ring (bicyclic) bond motifs is 2. The van der Waals surface area contributed by atoms with Crippen molar-refractivity contribution in [1.29, 1.82) is 0 Å². The third-order valence-corrected chi connectivity index (χ3v) is 7.34. The molecule has 2 heterocycles. The van der Waals surface area contributed by atoms with E-state index in [1.807, 2.05) is 25.3 Å². The number of amides is 1. The van der Waals surface area contributed by atoms with E-state index in [1.165, 1.54) is 9.95 Å². The Hall–Kier alpha value is -5.20. The van der Waals surface area contributed by atoms with Crippen molar-refractivity contribution in [3.63, 3.8) is 0 Å². The molecule has 5 aromatic rings. The van der Waals surface area contributed by atoms with Crippen LogP contribution in [0.1, 0.15) is 57.3 Å². The maximum atomic E-state index is 13.1. The van der Waals surface area contributed by atoms with Crippen molar-refractivity contribution in [2.24, 2.45) is 0 Å². The summed E-state index contributed by atoms with van der Waals surface area (Å²) >= 11 is 0. The van der Waals surface area contributed by atoms with Crippen LogP contribution in [0.5, 0.6) is 0 Å². The molecule has 2 aromatic heterocycles. The molecule has 0 saturated heterocycles. The van der Waals surface area contributed by atoms with Crippen molar-refractivity contribution in [3.8, 4) is 11.3 Å². The zero-order chi connectivity index (χ0) is 33.3. The number of carbonyl (C=O) groups excluding carboxylic acids is 3. The monoisotopic (exact) mass is 638 g/mol. The van der Waals surface area contributed by atoms with E-state index in [1.54, 1.807) is 24.3 Å². The van der Waals surface area contributed by atoms with Crippen molar-refractivity contribution in [2.75, 3.05) is 0 Å². The SMILES string of the molecule is CCC(=O)CCCCC[C@H](NC(=O)Cn1c(=O)oc2ccccc21)c1[nH]c(-c2ccc3ccccc3c2)c[nH+]1.O=C([O-])C(F)(F)F. The minimum absolute atomic E-state index is 0.143. The van der Waals surface area contributed by atoms with Crippen LogP contribution in [0.2, 0.25) is 0 Å². The molecule has 1 atom stereocenters. The van der Waals surface area contributed by atoms with E-state index in [4.69, 9.17) is 14.3 Å². The summed E-state index contributed by atoms with van der Waals surface area (Å²) in [6.07, 6.45) is 1.12. The topological polar surface area (TPSA) is 151 Å². The number of nitrogens with one attached hydrogen (secondary N) is 3. The number of carboxylic acids is 1. The number of ketones is 1. The van der Waals surface area contributed by atoms with E-state index in [9.17, 15) is 27.6 Å². The Morgan fingerprint density at radius 2 is 1.70 bits per heavy atom. The molecule has 0 aliphatic rings. The Labute approximate surface area is 261 Å². The molecule has 0 saturated carbocycles. The van der Waals surface area contributed by atoms with Gasteiger partial charge in [-0.1, -0.05) is 62.2 Å². The smallest absolute Gasteiger partial charge is 0.430 e. The number of nitrogens with zero attached hydrogens (tertiary/aromatic N) is 1. The maximum absolute atomic E-state index is 13.1. The van der Waals surface area contributed by atoms with E-state index in [2.05, 4.69) is 45.6 Å². The first-order chi connectivity index (χ1) is 22.0. The van der Waals surface area contributed by atoms with Crippen LogP contribution in [0.4, 0.5) is 13.2 Å². The molecule has 1 amide bonds. The van der Waals surface area contributed by atoms with E-state index < -0.39 is 17.9 Å². The van der Waals surface area contributed by atoms with Crippen LogP contribution >= 0.6 is 0 Å².